The molecule has 0 saturated carbocycles. The number of anilines is 2. The first-order valence-electron chi connectivity index (χ1n) is 9.89. The van der Waals surface area contributed by atoms with E-state index in [9.17, 15) is 14.8 Å². The maximum absolute atomic E-state index is 12.9. The van der Waals surface area contributed by atoms with Crippen LogP contribution < -0.4 is 10.2 Å². The average molecular weight is 415 g/mol. The Morgan fingerprint density at radius 1 is 1.23 bits per heavy atom. The van der Waals surface area contributed by atoms with Crippen molar-refractivity contribution >= 4 is 23.4 Å². The number of carbonyl (C=O) groups is 1. The van der Waals surface area contributed by atoms with Gasteiger partial charge in [-0.1, -0.05) is 12.1 Å². The lowest BCUT2D eigenvalue weighted by Crippen LogP contribution is -2.38. The fourth-order valence-electron chi connectivity index (χ4n) is 2.80. The summed E-state index contributed by atoms with van der Waals surface area (Å²) in [6.07, 6.45) is 1.60. The molecule has 9 nitrogen and oxygen atoms in total. The largest absolute Gasteiger partial charge is 0.508 e. The highest BCUT2D eigenvalue weighted by molar-refractivity contribution is 5.81. The zero-order valence-electron chi connectivity index (χ0n) is 18.0. The molecule has 0 bridgehead atoms. The van der Waals surface area contributed by atoms with E-state index in [0.29, 0.717) is 19.0 Å². The quantitative estimate of drug-likeness (QED) is 0.469. The summed E-state index contributed by atoms with van der Waals surface area (Å²) in [5.41, 5.74) is 0.121. The van der Waals surface area contributed by atoms with Crippen LogP contribution in [0.2, 0.25) is 0 Å². The van der Waals surface area contributed by atoms with Crippen molar-refractivity contribution in [1.29, 1.82) is 0 Å². The maximum Gasteiger partial charge on any atom is 0.329 e. The topological polar surface area (TPSA) is 117 Å². The molecule has 2 rings (SSSR count). The number of ether oxygens (including phenoxy) is 1. The minimum Gasteiger partial charge on any atom is -0.508 e. The van der Waals surface area contributed by atoms with Crippen molar-refractivity contribution in [2.45, 2.75) is 52.7 Å². The SMILES string of the molecule is CCN(CC)c1ncc(N=O)c(N[C@@H](Cc2ccc(O)cc2)C(=O)OC(C)(C)C)n1. The van der Waals surface area contributed by atoms with Crippen molar-refractivity contribution in [2.75, 3.05) is 23.3 Å². The minimum absolute atomic E-state index is 0.00479. The van der Waals surface area contributed by atoms with Gasteiger partial charge in [-0.25, -0.2) is 9.78 Å². The van der Waals surface area contributed by atoms with Gasteiger partial charge in [-0.3, -0.25) is 0 Å². The molecule has 0 spiro atoms. The first kappa shape index (κ1) is 23.1. The third kappa shape index (κ3) is 6.40. The minimum atomic E-state index is -0.825. The maximum atomic E-state index is 12.9. The molecule has 0 amide bonds. The van der Waals surface area contributed by atoms with Crippen LogP contribution in [0.3, 0.4) is 0 Å². The van der Waals surface area contributed by atoms with Crippen LogP contribution in [0.4, 0.5) is 17.5 Å². The number of phenolic OH excluding ortho intramolecular Hbond substituents is 1. The zero-order valence-corrected chi connectivity index (χ0v) is 18.0. The van der Waals surface area contributed by atoms with Gasteiger partial charge in [0.1, 0.15) is 17.4 Å². The molecule has 1 aromatic heterocycles. The standard InChI is InChI=1S/C21H29N5O4/c1-6-26(7-2)20-22-13-17(25-29)18(24-20)23-16(19(28)30-21(3,4)5)12-14-8-10-15(27)11-9-14/h8-11,13,16,27H,6-7,12H2,1-5H3,(H,22,23,24)/t16-/m0/s1. The molecule has 1 atom stereocenters. The lowest BCUT2D eigenvalue weighted by Gasteiger charge is -2.25. The van der Waals surface area contributed by atoms with E-state index in [1.54, 1.807) is 45.0 Å². The molecule has 2 aromatic rings. The summed E-state index contributed by atoms with van der Waals surface area (Å²) in [7, 11) is 0. The first-order chi connectivity index (χ1) is 14.2. The molecule has 1 aromatic carbocycles. The molecule has 0 fully saturated rings. The number of esters is 1. The molecule has 162 valence electrons. The van der Waals surface area contributed by atoms with Gasteiger partial charge >= 0.3 is 5.97 Å². The summed E-state index contributed by atoms with van der Waals surface area (Å²) < 4.78 is 5.55. The second-order valence-electron chi connectivity index (χ2n) is 7.77. The monoisotopic (exact) mass is 415 g/mol. The van der Waals surface area contributed by atoms with E-state index < -0.39 is 17.6 Å². The van der Waals surface area contributed by atoms with Crippen molar-refractivity contribution in [2.24, 2.45) is 5.18 Å². The Hall–Kier alpha value is -3.23. The van der Waals surface area contributed by atoms with Crippen LogP contribution in [0.5, 0.6) is 5.75 Å². The van der Waals surface area contributed by atoms with Gasteiger partial charge in [0.15, 0.2) is 11.5 Å². The summed E-state index contributed by atoms with van der Waals surface area (Å²) in [6, 6.07) is 5.70. The number of rotatable bonds is 9. The molecule has 9 heteroatoms. The number of carbonyl (C=O) groups excluding carboxylic acids is 1. The number of hydrogen-bond donors (Lipinski definition) is 2. The van der Waals surface area contributed by atoms with Gasteiger partial charge in [0.25, 0.3) is 0 Å². The smallest absolute Gasteiger partial charge is 0.329 e. The van der Waals surface area contributed by atoms with Gasteiger partial charge in [0.05, 0.1) is 6.20 Å². The molecule has 1 heterocycles. The van der Waals surface area contributed by atoms with Crippen LogP contribution in [0.25, 0.3) is 0 Å². The van der Waals surface area contributed by atoms with E-state index in [-0.39, 0.29) is 23.7 Å². The van der Waals surface area contributed by atoms with Crippen molar-refractivity contribution in [3.8, 4) is 5.75 Å². The third-order valence-electron chi connectivity index (χ3n) is 4.28. The normalized spacial score (nSPS) is 12.2. The van der Waals surface area contributed by atoms with E-state index in [1.165, 1.54) is 6.20 Å². The van der Waals surface area contributed by atoms with Gasteiger partial charge in [-0.15, -0.1) is 4.91 Å². The number of phenols is 1. The summed E-state index contributed by atoms with van der Waals surface area (Å²) in [5, 5.41) is 15.5. The number of aromatic hydroxyl groups is 1. The lowest BCUT2D eigenvalue weighted by atomic mass is 10.1. The van der Waals surface area contributed by atoms with Gasteiger partial charge in [0, 0.05) is 19.5 Å². The van der Waals surface area contributed by atoms with E-state index in [4.69, 9.17) is 4.74 Å². The first-order valence-corrected chi connectivity index (χ1v) is 9.89. The average Bonchev–Trinajstić information content (AvgIpc) is 2.69. The molecule has 2 N–H and O–H groups in total. The molecule has 30 heavy (non-hydrogen) atoms. The van der Waals surface area contributed by atoms with Gasteiger partial charge < -0.3 is 20.1 Å². The van der Waals surface area contributed by atoms with Crippen LogP contribution in [0.1, 0.15) is 40.2 Å². The highest BCUT2D eigenvalue weighted by Crippen LogP contribution is 2.26. The van der Waals surface area contributed by atoms with Crippen LogP contribution in [-0.2, 0) is 16.0 Å². The Labute approximate surface area is 176 Å². The van der Waals surface area contributed by atoms with Gasteiger partial charge in [0.2, 0.25) is 5.95 Å². The van der Waals surface area contributed by atoms with Crippen molar-refractivity contribution in [3.05, 3.63) is 40.9 Å². The lowest BCUT2D eigenvalue weighted by molar-refractivity contribution is -0.155. The molecule has 0 aliphatic heterocycles. The van der Waals surface area contributed by atoms with Crippen molar-refractivity contribution in [3.63, 3.8) is 0 Å². The van der Waals surface area contributed by atoms with E-state index >= 15 is 0 Å². The second kappa shape index (κ2) is 10.00. The van der Waals surface area contributed by atoms with Crippen LogP contribution in [0, 0.1) is 4.91 Å². The highest BCUT2D eigenvalue weighted by Gasteiger charge is 2.27. The van der Waals surface area contributed by atoms with Crippen LogP contribution in [0.15, 0.2) is 35.6 Å². The summed E-state index contributed by atoms with van der Waals surface area (Å²) in [4.78, 5) is 34.7. The van der Waals surface area contributed by atoms with Crippen LogP contribution in [-0.4, -0.2) is 45.8 Å². The van der Waals surface area contributed by atoms with Gasteiger partial charge in [-0.2, -0.15) is 4.98 Å². The third-order valence-corrected chi connectivity index (χ3v) is 4.28. The molecule has 0 aliphatic rings. The molecular formula is C21H29N5O4. The Kier molecular flexibility index (Phi) is 7.68. The number of nitroso groups, excluding NO2 is 1. The van der Waals surface area contributed by atoms with E-state index in [2.05, 4.69) is 20.5 Å². The number of aromatic nitrogens is 2. The number of benzene rings is 1. The molecule has 0 aliphatic carbocycles. The van der Waals surface area contributed by atoms with Crippen molar-refractivity contribution < 1.29 is 14.6 Å². The summed E-state index contributed by atoms with van der Waals surface area (Å²) in [6.45, 7) is 10.7. The summed E-state index contributed by atoms with van der Waals surface area (Å²) in [5.74, 6) is 0.238. The fraction of sp³-hybridized carbons (Fsp3) is 0.476. The van der Waals surface area contributed by atoms with E-state index in [1.807, 2.05) is 18.7 Å². The molecule has 0 saturated heterocycles. The number of nitrogens with one attached hydrogen (secondary N) is 1. The summed E-state index contributed by atoms with van der Waals surface area (Å²) >= 11 is 0. The van der Waals surface area contributed by atoms with Crippen LogP contribution >= 0.6 is 0 Å². The predicted molar refractivity (Wildman–Crippen MR) is 116 cm³/mol. The Morgan fingerprint density at radius 2 is 1.87 bits per heavy atom. The Balaban J connectivity index is 2.38. The fourth-order valence-corrected chi connectivity index (χ4v) is 2.80. The molecule has 0 radical (unpaired) electrons. The predicted octanol–water partition coefficient (Wildman–Crippen LogP) is 3.79. The number of hydrogen-bond acceptors (Lipinski definition) is 9. The van der Waals surface area contributed by atoms with Crippen molar-refractivity contribution in [1.82, 2.24) is 9.97 Å². The second-order valence-corrected chi connectivity index (χ2v) is 7.77. The van der Waals surface area contributed by atoms with Gasteiger partial charge in [-0.05, 0) is 57.5 Å². The Bertz CT molecular complexity index is 861. The zero-order chi connectivity index (χ0) is 22.3. The molecular weight excluding hydrogens is 386 g/mol. The van der Waals surface area contributed by atoms with E-state index in [0.717, 1.165) is 5.56 Å². The Morgan fingerprint density at radius 3 is 2.40 bits per heavy atom. The number of nitrogens with zero attached hydrogens (tertiary/aromatic N) is 4. The highest BCUT2D eigenvalue weighted by atomic mass is 16.6. The molecule has 0 unspecified atom stereocenters.